The van der Waals surface area contributed by atoms with Crippen molar-refractivity contribution in [3.05, 3.63) is 40.9 Å². The van der Waals surface area contributed by atoms with Gasteiger partial charge >= 0.3 is 0 Å². The number of aromatic nitrogens is 2. The van der Waals surface area contributed by atoms with E-state index in [4.69, 9.17) is 4.74 Å². The minimum absolute atomic E-state index is 0.104. The Kier molecular flexibility index (Phi) is 4.88. The molecular formula is C16H19N3O3S. The summed E-state index contributed by atoms with van der Waals surface area (Å²) in [5, 5.41) is 16.2. The second kappa shape index (κ2) is 7.06. The van der Waals surface area contributed by atoms with Gasteiger partial charge in [-0.2, -0.15) is 0 Å². The van der Waals surface area contributed by atoms with E-state index >= 15 is 0 Å². The van der Waals surface area contributed by atoms with Crippen LogP contribution in [0.3, 0.4) is 0 Å². The van der Waals surface area contributed by atoms with Crippen LogP contribution < -0.4 is 10.1 Å². The van der Waals surface area contributed by atoms with Crippen molar-refractivity contribution >= 4 is 17.4 Å². The van der Waals surface area contributed by atoms with Crippen LogP contribution in [0.1, 0.15) is 34.6 Å². The fraction of sp³-hybridized carbons (Fsp3) is 0.438. The van der Waals surface area contributed by atoms with Gasteiger partial charge in [0.15, 0.2) is 5.69 Å². The number of hydrogen-bond donors (Lipinski definition) is 2. The van der Waals surface area contributed by atoms with Gasteiger partial charge in [-0.15, -0.1) is 5.10 Å². The molecule has 0 aliphatic heterocycles. The molecule has 0 unspecified atom stereocenters. The fourth-order valence-electron chi connectivity index (χ4n) is 2.56. The Morgan fingerprint density at radius 1 is 1.35 bits per heavy atom. The molecule has 1 aromatic heterocycles. The third kappa shape index (κ3) is 3.68. The second-order valence-electron chi connectivity index (χ2n) is 5.84. The Hall–Kier alpha value is -1.99. The quantitative estimate of drug-likeness (QED) is 0.810. The lowest BCUT2D eigenvalue weighted by Gasteiger charge is -2.40. The van der Waals surface area contributed by atoms with Gasteiger partial charge in [-0.25, -0.2) is 0 Å². The van der Waals surface area contributed by atoms with Gasteiger partial charge in [-0.05, 0) is 36.5 Å². The molecule has 1 aliphatic rings. The largest absolute Gasteiger partial charge is 0.488 e. The Morgan fingerprint density at radius 2 is 2.13 bits per heavy atom. The summed E-state index contributed by atoms with van der Waals surface area (Å²) in [5.74, 6) is 0.478. The van der Waals surface area contributed by atoms with Crippen LogP contribution in [0.4, 0.5) is 0 Å². The van der Waals surface area contributed by atoms with Gasteiger partial charge in [0.25, 0.3) is 5.91 Å². The number of carbonyl (C=O) groups is 1. The summed E-state index contributed by atoms with van der Waals surface area (Å²) in [6, 6.07) is 9.41. The number of aliphatic hydroxyl groups excluding tert-OH is 1. The smallest absolute Gasteiger partial charge is 0.273 e. The normalized spacial score (nSPS) is 15.7. The molecule has 0 saturated heterocycles. The molecule has 1 aliphatic carbocycles. The molecule has 0 atom stereocenters. The van der Waals surface area contributed by atoms with E-state index < -0.39 is 0 Å². The van der Waals surface area contributed by atoms with Crippen LogP contribution in [0.5, 0.6) is 5.75 Å². The molecule has 0 spiro atoms. The molecule has 1 aromatic carbocycles. The maximum Gasteiger partial charge on any atom is 0.273 e. The maximum absolute atomic E-state index is 12.3. The van der Waals surface area contributed by atoms with Crippen molar-refractivity contribution in [2.24, 2.45) is 5.41 Å². The van der Waals surface area contributed by atoms with Gasteiger partial charge in [0.1, 0.15) is 12.4 Å². The molecule has 1 heterocycles. The Bertz CT molecular complexity index is 650. The first-order chi connectivity index (χ1) is 11.2. The number of aliphatic hydroxyl groups is 1. The van der Waals surface area contributed by atoms with Crippen LogP contribution in [0.15, 0.2) is 30.3 Å². The summed E-state index contributed by atoms with van der Waals surface area (Å²) in [7, 11) is 0. The van der Waals surface area contributed by atoms with E-state index in [2.05, 4.69) is 14.9 Å². The first kappa shape index (κ1) is 15.9. The summed E-state index contributed by atoms with van der Waals surface area (Å²) in [5.41, 5.74) is 0.151. The summed E-state index contributed by atoms with van der Waals surface area (Å²) in [6.45, 7) is 0.834. The monoisotopic (exact) mass is 333 g/mol. The average Bonchev–Trinajstić information content (AvgIpc) is 3.02. The van der Waals surface area contributed by atoms with E-state index in [1.807, 2.05) is 30.3 Å². The van der Waals surface area contributed by atoms with E-state index in [0.29, 0.717) is 17.1 Å². The molecule has 23 heavy (non-hydrogen) atoms. The van der Waals surface area contributed by atoms with Crippen LogP contribution in [-0.2, 0) is 6.61 Å². The van der Waals surface area contributed by atoms with Gasteiger partial charge in [0.2, 0.25) is 0 Å². The van der Waals surface area contributed by atoms with Crippen molar-refractivity contribution in [2.45, 2.75) is 25.9 Å². The fourth-order valence-corrected chi connectivity index (χ4v) is 3.11. The van der Waals surface area contributed by atoms with Crippen molar-refractivity contribution < 1.29 is 14.6 Å². The molecule has 2 N–H and O–H groups in total. The van der Waals surface area contributed by atoms with Crippen LogP contribution >= 0.6 is 11.5 Å². The van der Waals surface area contributed by atoms with E-state index in [0.717, 1.165) is 36.5 Å². The number of para-hydroxylation sites is 1. The average molecular weight is 333 g/mol. The number of rotatable bonds is 7. The molecule has 122 valence electrons. The SMILES string of the molecule is O=C(NCC1(CO)CCC1)c1nnsc1COc1ccccc1. The lowest BCUT2D eigenvalue weighted by molar-refractivity contribution is 0.0427. The second-order valence-corrected chi connectivity index (χ2v) is 6.68. The number of amides is 1. The van der Waals surface area contributed by atoms with E-state index in [-0.39, 0.29) is 24.5 Å². The zero-order valence-electron chi connectivity index (χ0n) is 12.7. The predicted molar refractivity (Wildman–Crippen MR) is 86.4 cm³/mol. The van der Waals surface area contributed by atoms with Gasteiger partial charge < -0.3 is 15.2 Å². The van der Waals surface area contributed by atoms with Crippen molar-refractivity contribution in [3.63, 3.8) is 0 Å². The Labute approximate surface area is 138 Å². The highest BCUT2D eigenvalue weighted by Crippen LogP contribution is 2.39. The Balaban J connectivity index is 1.58. The number of benzene rings is 1. The number of nitrogens with zero attached hydrogens (tertiary/aromatic N) is 2. The summed E-state index contributed by atoms with van der Waals surface area (Å²) in [6.07, 6.45) is 3.00. The number of hydrogen-bond acceptors (Lipinski definition) is 6. The number of nitrogens with one attached hydrogen (secondary N) is 1. The molecule has 2 aromatic rings. The standard InChI is InChI=1S/C16H19N3O3S/c20-11-16(7-4-8-16)10-17-15(21)14-13(23-19-18-14)9-22-12-5-2-1-3-6-12/h1-3,5-6,20H,4,7-11H2,(H,17,21). The zero-order chi connectivity index (χ0) is 16.1. The highest BCUT2D eigenvalue weighted by atomic mass is 32.1. The van der Waals surface area contributed by atoms with Crippen LogP contribution in [-0.4, -0.2) is 33.8 Å². The highest BCUT2D eigenvalue weighted by Gasteiger charge is 2.36. The van der Waals surface area contributed by atoms with E-state index in [1.54, 1.807) is 0 Å². The first-order valence-corrected chi connectivity index (χ1v) is 8.38. The molecule has 3 rings (SSSR count). The van der Waals surface area contributed by atoms with Crippen molar-refractivity contribution in [2.75, 3.05) is 13.2 Å². The van der Waals surface area contributed by atoms with Gasteiger partial charge in [-0.1, -0.05) is 29.1 Å². The van der Waals surface area contributed by atoms with Crippen LogP contribution in [0, 0.1) is 5.41 Å². The molecule has 0 radical (unpaired) electrons. The minimum Gasteiger partial charge on any atom is -0.488 e. The van der Waals surface area contributed by atoms with Crippen LogP contribution in [0.2, 0.25) is 0 Å². The van der Waals surface area contributed by atoms with Gasteiger partial charge in [0.05, 0.1) is 11.5 Å². The topological polar surface area (TPSA) is 84.3 Å². The lowest BCUT2D eigenvalue weighted by atomic mass is 9.69. The third-order valence-corrected chi connectivity index (χ3v) is 4.95. The predicted octanol–water partition coefficient (Wildman–Crippen LogP) is 2.01. The van der Waals surface area contributed by atoms with E-state index in [1.165, 1.54) is 0 Å². The van der Waals surface area contributed by atoms with Gasteiger partial charge in [0, 0.05) is 12.0 Å². The lowest BCUT2D eigenvalue weighted by Crippen LogP contribution is -2.44. The van der Waals surface area contributed by atoms with Crippen LogP contribution in [0.25, 0.3) is 0 Å². The van der Waals surface area contributed by atoms with Crippen molar-refractivity contribution in [1.29, 1.82) is 0 Å². The molecule has 7 heteroatoms. The minimum atomic E-state index is -0.259. The molecule has 1 saturated carbocycles. The highest BCUT2D eigenvalue weighted by molar-refractivity contribution is 7.05. The Morgan fingerprint density at radius 3 is 2.78 bits per heavy atom. The number of ether oxygens (including phenoxy) is 1. The first-order valence-electron chi connectivity index (χ1n) is 7.61. The molecule has 6 nitrogen and oxygen atoms in total. The maximum atomic E-state index is 12.3. The summed E-state index contributed by atoms with van der Waals surface area (Å²) < 4.78 is 9.51. The molecule has 0 bridgehead atoms. The number of carbonyl (C=O) groups excluding carboxylic acids is 1. The molecular weight excluding hydrogens is 314 g/mol. The zero-order valence-corrected chi connectivity index (χ0v) is 13.5. The molecule has 1 fully saturated rings. The third-order valence-electron chi connectivity index (χ3n) is 4.26. The summed E-state index contributed by atoms with van der Waals surface area (Å²) in [4.78, 5) is 13.0. The van der Waals surface area contributed by atoms with Crippen molar-refractivity contribution in [3.8, 4) is 5.75 Å². The van der Waals surface area contributed by atoms with Crippen molar-refractivity contribution in [1.82, 2.24) is 14.9 Å². The van der Waals surface area contributed by atoms with E-state index in [9.17, 15) is 9.90 Å². The molecule has 1 amide bonds. The van der Waals surface area contributed by atoms with Gasteiger partial charge in [-0.3, -0.25) is 4.79 Å². The summed E-state index contributed by atoms with van der Waals surface area (Å²) >= 11 is 1.16.